The largest absolute Gasteiger partial charge is 0.456 e. The minimum atomic E-state index is -4.86. The third-order valence-corrected chi connectivity index (χ3v) is 5.98. The molecule has 150 valence electrons. The predicted octanol–water partition coefficient (Wildman–Crippen LogP) is 5.88. The Labute approximate surface area is 169 Å². The smallest absolute Gasteiger partial charge is 0.449 e. The lowest BCUT2D eigenvalue weighted by molar-refractivity contribution is -0.130. The average Bonchev–Trinajstić information content (AvgIpc) is 3.21. The van der Waals surface area contributed by atoms with E-state index >= 15 is 0 Å². The summed E-state index contributed by atoms with van der Waals surface area (Å²) < 4.78 is 47.1. The maximum atomic E-state index is 14.0. The first-order valence-corrected chi connectivity index (χ1v) is 10.1. The molecule has 1 atom stereocenters. The standard InChI is InChI=1S/C22H17F3O3S/c1-12-7-9-13(10-8-12)17-18-14(26)4-2-5-15(18)28-21(22(23,24)25)19(17)20(27)16-6-3-11-29-16/h3,6-11,17H,2,4-5H2,1H3. The molecule has 7 heteroatoms. The lowest BCUT2D eigenvalue weighted by atomic mass is 9.75. The lowest BCUT2D eigenvalue weighted by Gasteiger charge is -2.34. The summed E-state index contributed by atoms with van der Waals surface area (Å²) in [5.41, 5.74) is 1.06. The van der Waals surface area contributed by atoms with E-state index in [-0.39, 0.29) is 34.8 Å². The van der Waals surface area contributed by atoms with E-state index in [4.69, 9.17) is 4.74 Å². The minimum absolute atomic E-state index is 0.0295. The van der Waals surface area contributed by atoms with Gasteiger partial charge in [-0.15, -0.1) is 11.3 Å². The summed E-state index contributed by atoms with van der Waals surface area (Å²) >= 11 is 1.06. The number of benzene rings is 1. The fourth-order valence-corrected chi connectivity index (χ4v) is 4.47. The second-order valence-corrected chi connectivity index (χ2v) is 8.05. The van der Waals surface area contributed by atoms with Crippen LogP contribution in [0.25, 0.3) is 0 Å². The van der Waals surface area contributed by atoms with Crippen LogP contribution in [0.1, 0.15) is 46.0 Å². The minimum Gasteiger partial charge on any atom is -0.456 e. The van der Waals surface area contributed by atoms with Crippen LogP contribution in [0.15, 0.2) is 64.4 Å². The number of hydrogen-bond acceptors (Lipinski definition) is 4. The molecular formula is C22H17F3O3S. The van der Waals surface area contributed by atoms with Crippen molar-refractivity contribution in [2.24, 2.45) is 0 Å². The Balaban J connectivity index is 1.98. The van der Waals surface area contributed by atoms with Crippen molar-refractivity contribution in [1.82, 2.24) is 0 Å². The van der Waals surface area contributed by atoms with E-state index in [9.17, 15) is 22.8 Å². The Morgan fingerprint density at radius 3 is 2.48 bits per heavy atom. The Kier molecular flexibility index (Phi) is 4.94. The highest BCUT2D eigenvalue weighted by atomic mass is 32.1. The van der Waals surface area contributed by atoms with Crippen molar-refractivity contribution >= 4 is 22.9 Å². The highest BCUT2D eigenvalue weighted by Crippen LogP contribution is 2.49. The number of aryl methyl sites for hydroxylation is 1. The van der Waals surface area contributed by atoms with E-state index < -0.39 is 29.2 Å². The van der Waals surface area contributed by atoms with Gasteiger partial charge in [0.05, 0.1) is 10.5 Å². The van der Waals surface area contributed by atoms with Crippen LogP contribution in [0.2, 0.25) is 0 Å². The number of allylic oxidation sites excluding steroid dienone is 4. The van der Waals surface area contributed by atoms with E-state index in [0.29, 0.717) is 12.0 Å². The Bertz CT molecular complexity index is 1030. The summed E-state index contributed by atoms with van der Waals surface area (Å²) in [6, 6.07) is 9.96. The fraction of sp³-hybridized carbons (Fsp3) is 0.273. The van der Waals surface area contributed by atoms with Gasteiger partial charge < -0.3 is 4.74 Å². The van der Waals surface area contributed by atoms with Crippen molar-refractivity contribution < 1.29 is 27.5 Å². The first-order chi connectivity index (χ1) is 13.8. The molecular weight excluding hydrogens is 401 g/mol. The zero-order valence-electron chi connectivity index (χ0n) is 15.5. The number of ether oxygens (including phenoxy) is 1. The molecule has 1 aliphatic heterocycles. The number of rotatable bonds is 3. The second-order valence-electron chi connectivity index (χ2n) is 7.11. The molecule has 0 spiro atoms. The number of Topliss-reactive ketones (excluding diaryl/α,β-unsaturated/α-hetero) is 2. The van der Waals surface area contributed by atoms with Crippen LogP contribution in [-0.4, -0.2) is 17.7 Å². The number of thiophene rings is 1. The van der Waals surface area contributed by atoms with Crippen LogP contribution < -0.4 is 0 Å². The summed E-state index contributed by atoms with van der Waals surface area (Å²) in [5, 5.41) is 1.63. The molecule has 29 heavy (non-hydrogen) atoms. The number of halogens is 3. The summed E-state index contributed by atoms with van der Waals surface area (Å²) in [6.07, 6.45) is -3.96. The van der Waals surface area contributed by atoms with Crippen LogP contribution in [0.4, 0.5) is 13.2 Å². The van der Waals surface area contributed by atoms with Crippen molar-refractivity contribution in [1.29, 1.82) is 0 Å². The molecule has 0 saturated heterocycles. The lowest BCUT2D eigenvalue weighted by Crippen LogP contribution is -2.32. The molecule has 0 bridgehead atoms. The molecule has 0 N–H and O–H groups in total. The molecule has 0 radical (unpaired) electrons. The topological polar surface area (TPSA) is 43.4 Å². The second kappa shape index (κ2) is 7.30. The zero-order valence-corrected chi connectivity index (χ0v) is 16.3. The van der Waals surface area contributed by atoms with Crippen molar-refractivity contribution in [2.45, 2.75) is 38.3 Å². The van der Waals surface area contributed by atoms with E-state index in [1.54, 1.807) is 35.7 Å². The summed E-state index contributed by atoms with van der Waals surface area (Å²) in [4.78, 5) is 26.1. The SMILES string of the molecule is Cc1ccc(C2C3=C(CCCC3=O)OC(C(F)(F)F)=C2C(=O)c2cccs2)cc1. The Hall–Kier alpha value is -2.67. The zero-order chi connectivity index (χ0) is 20.8. The van der Waals surface area contributed by atoms with Crippen LogP contribution in [0.3, 0.4) is 0 Å². The molecule has 0 fully saturated rings. The van der Waals surface area contributed by atoms with Crippen molar-refractivity contribution in [2.75, 3.05) is 0 Å². The molecule has 4 rings (SSSR count). The van der Waals surface area contributed by atoms with E-state index in [0.717, 1.165) is 16.9 Å². The summed E-state index contributed by atoms with van der Waals surface area (Å²) in [6.45, 7) is 1.86. The molecule has 1 unspecified atom stereocenters. The van der Waals surface area contributed by atoms with Crippen molar-refractivity contribution in [3.63, 3.8) is 0 Å². The molecule has 3 nitrogen and oxygen atoms in total. The molecule has 0 amide bonds. The number of hydrogen-bond donors (Lipinski definition) is 0. The van der Waals surface area contributed by atoms with Crippen LogP contribution in [0, 0.1) is 6.92 Å². The van der Waals surface area contributed by atoms with Gasteiger partial charge in [-0.25, -0.2) is 0 Å². The van der Waals surface area contributed by atoms with Gasteiger partial charge in [-0.05, 0) is 30.4 Å². The van der Waals surface area contributed by atoms with E-state index in [2.05, 4.69) is 0 Å². The fourth-order valence-electron chi connectivity index (χ4n) is 3.79. The Morgan fingerprint density at radius 2 is 1.86 bits per heavy atom. The van der Waals surface area contributed by atoms with Gasteiger partial charge in [0.15, 0.2) is 5.78 Å². The predicted molar refractivity (Wildman–Crippen MR) is 103 cm³/mol. The van der Waals surface area contributed by atoms with Gasteiger partial charge in [-0.3, -0.25) is 9.59 Å². The third kappa shape index (κ3) is 3.55. The first kappa shape index (κ1) is 19.6. The summed E-state index contributed by atoms with van der Waals surface area (Å²) in [7, 11) is 0. The van der Waals surface area contributed by atoms with Crippen molar-refractivity contribution in [3.8, 4) is 0 Å². The van der Waals surface area contributed by atoms with Crippen LogP contribution in [0.5, 0.6) is 0 Å². The van der Waals surface area contributed by atoms with E-state index in [1.807, 2.05) is 6.92 Å². The normalized spacial score (nSPS) is 19.9. The number of ketones is 2. The molecule has 2 aliphatic rings. The first-order valence-electron chi connectivity index (χ1n) is 9.17. The van der Waals surface area contributed by atoms with Gasteiger partial charge in [0.1, 0.15) is 5.76 Å². The summed E-state index contributed by atoms with van der Waals surface area (Å²) in [5.74, 6) is -3.41. The highest BCUT2D eigenvalue weighted by Gasteiger charge is 2.49. The van der Waals surface area contributed by atoms with Gasteiger partial charge in [0.25, 0.3) is 0 Å². The molecule has 2 aromatic rings. The maximum absolute atomic E-state index is 14.0. The Morgan fingerprint density at radius 1 is 1.14 bits per heavy atom. The van der Waals surface area contributed by atoms with Gasteiger partial charge in [0.2, 0.25) is 11.5 Å². The van der Waals surface area contributed by atoms with Gasteiger partial charge in [0, 0.05) is 24.3 Å². The molecule has 2 heterocycles. The monoisotopic (exact) mass is 418 g/mol. The molecule has 1 aromatic heterocycles. The highest BCUT2D eigenvalue weighted by molar-refractivity contribution is 7.12. The maximum Gasteiger partial charge on any atom is 0.449 e. The van der Waals surface area contributed by atoms with Gasteiger partial charge in [-0.1, -0.05) is 35.9 Å². The number of alkyl halides is 3. The molecule has 1 aromatic carbocycles. The molecule has 0 saturated carbocycles. The van der Waals surface area contributed by atoms with E-state index in [1.165, 1.54) is 6.07 Å². The van der Waals surface area contributed by atoms with Gasteiger partial charge in [-0.2, -0.15) is 13.2 Å². The van der Waals surface area contributed by atoms with Crippen LogP contribution in [-0.2, 0) is 9.53 Å². The van der Waals surface area contributed by atoms with Crippen LogP contribution >= 0.6 is 11.3 Å². The van der Waals surface area contributed by atoms with Gasteiger partial charge >= 0.3 is 6.18 Å². The average molecular weight is 418 g/mol. The number of carbonyl (C=O) groups excluding carboxylic acids is 2. The van der Waals surface area contributed by atoms with Crippen molar-refractivity contribution in [3.05, 3.63) is 80.4 Å². The quantitative estimate of drug-likeness (QED) is 0.585. The molecule has 1 aliphatic carbocycles. The number of carbonyl (C=O) groups is 2. The third-order valence-electron chi connectivity index (χ3n) is 5.11.